The van der Waals surface area contributed by atoms with Gasteiger partial charge in [0.15, 0.2) is 0 Å². The van der Waals surface area contributed by atoms with E-state index in [2.05, 4.69) is 5.32 Å². The number of primary sulfonamides is 1. The third kappa shape index (κ3) is 3.50. The van der Waals surface area contributed by atoms with E-state index in [0.717, 1.165) is 11.3 Å². The van der Waals surface area contributed by atoms with E-state index in [1.165, 1.54) is 30.3 Å². The zero-order valence-corrected chi connectivity index (χ0v) is 12.9. The molecule has 9 heteroatoms. The first-order valence-electron chi connectivity index (χ1n) is 5.16. The number of carbonyl (C=O) groups excluding carboxylic acids is 1. The first-order valence-corrected chi connectivity index (χ1v) is 8.28. The predicted molar refractivity (Wildman–Crippen MR) is 80.1 cm³/mol. The van der Waals surface area contributed by atoms with Crippen molar-refractivity contribution in [2.75, 3.05) is 5.32 Å². The van der Waals surface area contributed by atoms with Gasteiger partial charge in [0.05, 0.1) is 14.8 Å². The van der Waals surface area contributed by atoms with Gasteiger partial charge >= 0.3 is 0 Å². The number of carbonyl (C=O) groups is 1. The van der Waals surface area contributed by atoms with E-state index in [9.17, 15) is 13.2 Å². The summed E-state index contributed by atoms with van der Waals surface area (Å²) in [7, 11) is -3.83. The average molecular weight is 351 g/mol. The molecule has 0 aliphatic heterocycles. The lowest BCUT2D eigenvalue weighted by Crippen LogP contribution is -2.14. The number of thiophene rings is 1. The quantitative estimate of drug-likeness (QED) is 0.891. The molecule has 106 valence electrons. The van der Waals surface area contributed by atoms with Crippen molar-refractivity contribution >= 4 is 56.2 Å². The number of nitrogens with one attached hydrogen (secondary N) is 1. The van der Waals surface area contributed by atoms with E-state index in [1.54, 1.807) is 0 Å². The number of rotatable bonds is 3. The van der Waals surface area contributed by atoms with Crippen LogP contribution in [0.15, 0.2) is 35.2 Å². The molecular weight excluding hydrogens is 343 g/mol. The second kappa shape index (κ2) is 5.71. The Morgan fingerprint density at radius 2 is 1.95 bits per heavy atom. The molecule has 2 aromatic rings. The molecule has 3 N–H and O–H groups in total. The molecule has 0 bridgehead atoms. The number of anilines is 1. The van der Waals surface area contributed by atoms with Crippen molar-refractivity contribution in [2.24, 2.45) is 5.14 Å². The zero-order chi connectivity index (χ0) is 14.9. The van der Waals surface area contributed by atoms with Crippen LogP contribution in [-0.2, 0) is 10.0 Å². The molecule has 0 atom stereocenters. The van der Waals surface area contributed by atoms with Gasteiger partial charge < -0.3 is 5.32 Å². The highest BCUT2D eigenvalue weighted by atomic mass is 35.5. The first-order chi connectivity index (χ1) is 9.27. The van der Waals surface area contributed by atoms with Gasteiger partial charge in [-0.05, 0) is 24.3 Å². The van der Waals surface area contributed by atoms with Crippen molar-refractivity contribution < 1.29 is 13.2 Å². The Bertz CT molecular complexity index is 772. The number of nitrogens with two attached hydrogens (primary N) is 1. The van der Waals surface area contributed by atoms with Crippen molar-refractivity contribution in [3.63, 3.8) is 0 Å². The van der Waals surface area contributed by atoms with Gasteiger partial charge in [-0.25, -0.2) is 13.6 Å². The van der Waals surface area contributed by atoms with Gasteiger partial charge in [-0.2, -0.15) is 0 Å². The maximum atomic E-state index is 12.0. The number of hydrogen-bond acceptors (Lipinski definition) is 4. The Morgan fingerprint density at radius 1 is 1.25 bits per heavy atom. The minimum absolute atomic E-state index is 0.0928. The van der Waals surface area contributed by atoms with E-state index in [-0.39, 0.29) is 14.8 Å². The minimum atomic E-state index is -3.83. The molecule has 0 spiro atoms. The summed E-state index contributed by atoms with van der Waals surface area (Å²) in [6.07, 6.45) is 0. The summed E-state index contributed by atoms with van der Waals surface area (Å²) < 4.78 is 23.1. The zero-order valence-electron chi connectivity index (χ0n) is 9.76. The van der Waals surface area contributed by atoms with E-state index < -0.39 is 15.9 Å². The van der Waals surface area contributed by atoms with Gasteiger partial charge in [0, 0.05) is 5.69 Å². The molecule has 0 aliphatic rings. The van der Waals surface area contributed by atoms with E-state index in [0.29, 0.717) is 10.0 Å². The lowest BCUT2D eigenvalue weighted by molar-refractivity contribution is 0.102. The second-order valence-corrected chi connectivity index (χ2v) is 7.61. The summed E-state index contributed by atoms with van der Waals surface area (Å²) >= 11 is 12.7. The van der Waals surface area contributed by atoms with Crippen LogP contribution in [0.25, 0.3) is 0 Å². The number of halogens is 2. The standard InChI is InChI=1S/C11H8Cl2N2O3S2/c12-9-5-8(10(13)19-9)11(16)15-6-2-1-3-7(4-6)20(14,17)18/h1-5H,(H,15,16)(H2,14,17,18). The number of sulfonamides is 1. The highest BCUT2D eigenvalue weighted by molar-refractivity contribution is 7.89. The molecule has 0 radical (unpaired) electrons. The average Bonchev–Trinajstić information content (AvgIpc) is 2.68. The molecule has 1 aromatic carbocycles. The molecule has 1 amide bonds. The maximum Gasteiger partial charge on any atom is 0.258 e. The molecule has 1 aromatic heterocycles. The van der Waals surface area contributed by atoms with Gasteiger partial charge in [-0.1, -0.05) is 29.3 Å². The lowest BCUT2D eigenvalue weighted by Gasteiger charge is -2.06. The largest absolute Gasteiger partial charge is 0.322 e. The SMILES string of the molecule is NS(=O)(=O)c1cccc(NC(=O)c2cc(Cl)sc2Cl)c1. The van der Waals surface area contributed by atoms with Gasteiger partial charge in [0.25, 0.3) is 5.91 Å². The molecule has 0 saturated heterocycles. The third-order valence-electron chi connectivity index (χ3n) is 2.32. The van der Waals surface area contributed by atoms with Crippen molar-refractivity contribution in [1.29, 1.82) is 0 Å². The van der Waals surface area contributed by atoms with Crippen molar-refractivity contribution in [3.05, 3.63) is 44.6 Å². The normalized spacial score (nSPS) is 11.3. The summed E-state index contributed by atoms with van der Waals surface area (Å²) in [5, 5.41) is 7.55. The Labute approximate surface area is 129 Å². The Hall–Kier alpha value is -1.12. The van der Waals surface area contributed by atoms with Crippen LogP contribution >= 0.6 is 34.5 Å². The number of amides is 1. The van der Waals surface area contributed by atoms with Crippen molar-refractivity contribution in [3.8, 4) is 0 Å². The molecule has 1 heterocycles. The van der Waals surface area contributed by atoms with Crippen LogP contribution < -0.4 is 10.5 Å². The fourth-order valence-corrected chi connectivity index (χ4v) is 3.46. The first kappa shape index (κ1) is 15.3. The number of benzene rings is 1. The highest BCUT2D eigenvalue weighted by Crippen LogP contribution is 2.31. The van der Waals surface area contributed by atoms with E-state index in [1.807, 2.05) is 0 Å². The minimum Gasteiger partial charge on any atom is -0.322 e. The van der Waals surface area contributed by atoms with Crippen molar-refractivity contribution in [2.45, 2.75) is 4.90 Å². The van der Waals surface area contributed by atoms with E-state index >= 15 is 0 Å². The van der Waals surface area contributed by atoms with Gasteiger partial charge in [-0.3, -0.25) is 4.79 Å². The Kier molecular flexibility index (Phi) is 4.36. The third-order valence-corrected chi connectivity index (χ3v) is 4.72. The van der Waals surface area contributed by atoms with Crippen molar-refractivity contribution in [1.82, 2.24) is 0 Å². The highest BCUT2D eigenvalue weighted by Gasteiger charge is 2.15. The summed E-state index contributed by atoms with van der Waals surface area (Å²) in [6, 6.07) is 7.04. The summed E-state index contributed by atoms with van der Waals surface area (Å²) in [4.78, 5) is 11.9. The summed E-state index contributed by atoms with van der Waals surface area (Å²) in [5.74, 6) is -0.482. The van der Waals surface area contributed by atoms with Crippen LogP contribution in [0.3, 0.4) is 0 Å². The van der Waals surface area contributed by atoms with Crippen LogP contribution in [0, 0.1) is 0 Å². The molecular formula is C11H8Cl2N2O3S2. The van der Waals surface area contributed by atoms with Gasteiger partial charge in [0.2, 0.25) is 10.0 Å². The van der Waals surface area contributed by atoms with Gasteiger partial charge in [0.1, 0.15) is 4.34 Å². The maximum absolute atomic E-state index is 12.0. The lowest BCUT2D eigenvalue weighted by atomic mass is 10.3. The Morgan fingerprint density at radius 3 is 2.50 bits per heavy atom. The molecule has 20 heavy (non-hydrogen) atoms. The topological polar surface area (TPSA) is 89.3 Å². The fourth-order valence-electron chi connectivity index (χ4n) is 1.44. The second-order valence-electron chi connectivity index (χ2n) is 3.76. The fraction of sp³-hybridized carbons (Fsp3) is 0. The summed E-state index contributed by atoms with van der Waals surface area (Å²) in [5.41, 5.74) is 0.516. The molecule has 0 saturated carbocycles. The smallest absolute Gasteiger partial charge is 0.258 e. The van der Waals surface area contributed by atoms with Crippen LogP contribution in [0.5, 0.6) is 0 Å². The van der Waals surface area contributed by atoms with Gasteiger partial charge in [-0.15, -0.1) is 11.3 Å². The monoisotopic (exact) mass is 350 g/mol. The molecule has 0 unspecified atom stereocenters. The van der Waals surface area contributed by atoms with Crippen LogP contribution in [-0.4, -0.2) is 14.3 Å². The molecule has 5 nitrogen and oxygen atoms in total. The number of hydrogen-bond donors (Lipinski definition) is 2. The molecule has 0 aliphatic carbocycles. The van der Waals surface area contributed by atoms with Crippen LogP contribution in [0.4, 0.5) is 5.69 Å². The predicted octanol–water partition coefficient (Wildman–Crippen LogP) is 2.95. The molecule has 2 rings (SSSR count). The Balaban J connectivity index is 2.27. The summed E-state index contributed by atoms with van der Waals surface area (Å²) in [6.45, 7) is 0. The van der Waals surface area contributed by atoms with Crippen LogP contribution in [0.2, 0.25) is 8.67 Å². The van der Waals surface area contributed by atoms with E-state index in [4.69, 9.17) is 28.3 Å². The molecule has 0 fully saturated rings. The van der Waals surface area contributed by atoms with Crippen LogP contribution in [0.1, 0.15) is 10.4 Å².